The molecular formula is C9H9NOS. The van der Waals surface area contributed by atoms with E-state index in [2.05, 4.69) is 4.98 Å². The second kappa shape index (κ2) is 2.84. The van der Waals surface area contributed by atoms with Crippen LogP contribution in [-0.2, 0) is 0 Å². The predicted molar refractivity (Wildman–Crippen MR) is 50.3 cm³/mol. The molecule has 62 valence electrons. The maximum absolute atomic E-state index is 9.42. The largest absolute Gasteiger partial charge is 0.389 e. The summed E-state index contributed by atoms with van der Waals surface area (Å²) in [6.07, 6.45) is -0.408. The van der Waals surface area contributed by atoms with Gasteiger partial charge in [-0.05, 0) is 18.6 Å². The van der Waals surface area contributed by atoms with E-state index in [4.69, 9.17) is 0 Å². The molecule has 1 heterocycles. The zero-order valence-corrected chi connectivity index (χ0v) is 7.51. The molecule has 0 aliphatic carbocycles. The normalized spacial score (nSPS) is 13.5. The Morgan fingerprint density at radius 2 is 2.33 bits per heavy atom. The zero-order valence-electron chi connectivity index (χ0n) is 6.69. The molecule has 1 aromatic heterocycles. The van der Waals surface area contributed by atoms with Crippen LogP contribution in [0.15, 0.2) is 23.7 Å². The van der Waals surface area contributed by atoms with Crippen molar-refractivity contribution in [2.45, 2.75) is 13.0 Å². The molecule has 1 atom stereocenters. The van der Waals surface area contributed by atoms with Crippen LogP contribution in [0, 0.1) is 0 Å². The smallest absolute Gasteiger partial charge is 0.0815 e. The van der Waals surface area contributed by atoms with Crippen LogP contribution >= 0.6 is 11.3 Å². The van der Waals surface area contributed by atoms with Crippen molar-refractivity contribution in [1.29, 1.82) is 0 Å². The highest BCUT2D eigenvalue weighted by atomic mass is 32.1. The average molecular weight is 179 g/mol. The van der Waals surface area contributed by atoms with Crippen molar-refractivity contribution in [3.05, 3.63) is 29.3 Å². The molecule has 0 aliphatic rings. The summed E-state index contributed by atoms with van der Waals surface area (Å²) < 4.78 is 1.09. The van der Waals surface area contributed by atoms with E-state index >= 15 is 0 Å². The van der Waals surface area contributed by atoms with Crippen molar-refractivity contribution < 1.29 is 5.11 Å². The van der Waals surface area contributed by atoms with Gasteiger partial charge in [-0.2, -0.15) is 0 Å². The Hall–Kier alpha value is -0.930. The molecule has 0 radical (unpaired) electrons. The summed E-state index contributed by atoms with van der Waals surface area (Å²) in [5.74, 6) is 0. The van der Waals surface area contributed by atoms with E-state index < -0.39 is 6.10 Å². The lowest BCUT2D eigenvalue weighted by Gasteiger charge is -2.03. The van der Waals surface area contributed by atoms with Gasteiger partial charge in [0.25, 0.3) is 0 Å². The molecule has 0 aliphatic heterocycles. The molecule has 0 saturated heterocycles. The van der Waals surface area contributed by atoms with Crippen LogP contribution in [0.5, 0.6) is 0 Å². The van der Waals surface area contributed by atoms with E-state index in [0.29, 0.717) is 0 Å². The first kappa shape index (κ1) is 7.71. The molecule has 2 nitrogen and oxygen atoms in total. The first-order valence-corrected chi connectivity index (χ1v) is 4.67. The summed E-state index contributed by atoms with van der Waals surface area (Å²) in [6, 6.07) is 5.81. The molecule has 2 aromatic rings. The number of aliphatic hydroxyl groups excluding tert-OH is 1. The highest BCUT2D eigenvalue weighted by Gasteiger charge is 2.06. The van der Waals surface area contributed by atoms with Crippen LogP contribution in [0.3, 0.4) is 0 Å². The van der Waals surface area contributed by atoms with E-state index in [9.17, 15) is 5.11 Å². The van der Waals surface area contributed by atoms with Gasteiger partial charge in [-0.1, -0.05) is 12.1 Å². The molecule has 1 aromatic carbocycles. The van der Waals surface area contributed by atoms with Crippen molar-refractivity contribution in [3.63, 3.8) is 0 Å². The van der Waals surface area contributed by atoms with Gasteiger partial charge in [-0.3, -0.25) is 0 Å². The lowest BCUT2D eigenvalue weighted by Crippen LogP contribution is -1.89. The van der Waals surface area contributed by atoms with E-state index in [1.54, 1.807) is 23.8 Å². The van der Waals surface area contributed by atoms with Crippen LogP contribution < -0.4 is 0 Å². The Balaban J connectivity index is 2.73. The van der Waals surface area contributed by atoms with Gasteiger partial charge >= 0.3 is 0 Å². The Bertz CT molecular complexity index is 394. The van der Waals surface area contributed by atoms with Gasteiger partial charge in [0.05, 0.1) is 21.8 Å². The predicted octanol–water partition coefficient (Wildman–Crippen LogP) is 2.35. The van der Waals surface area contributed by atoms with Crippen LogP contribution in [0.2, 0.25) is 0 Å². The van der Waals surface area contributed by atoms with Crippen molar-refractivity contribution in [1.82, 2.24) is 4.98 Å². The summed E-state index contributed by atoms with van der Waals surface area (Å²) in [7, 11) is 0. The Kier molecular flexibility index (Phi) is 1.83. The number of rotatable bonds is 1. The van der Waals surface area contributed by atoms with Crippen molar-refractivity contribution in [2.75, 3.05) is 0 Å². The third-order valence-electron chi connectivity index (χ3n) is 1.84. The monoisotopic (exact) mass is 179 g/mol. The summed E-state index contributed by atoms with van der Waals surface area (Å²) in [5, 5.41) is 9.42. The summed E-state index contributed by atoms with van der Waals surface area (Å²) in [6.45, 7) is 1.77. The lowest BCUT2D eigenvalue weighted by atomic mass is 10.1. The fraction of sp³-hybridized carbons (Fsp3) is 0.222. The molecule has 0 bridgehead atoms. The fourth-order valence-corrected chi connectivity index (χ4v) is 2.12. The molecule has 0 spiro atoms. The van der Waals surface area contributed by atoms with Gasteiger partial charge in [-0.25, -0.2) is 4.98 Å². The van der Waals surface area contributed by atoms with Crippen molar-refractivity contribution >= 4 is 21.6 Å². The highest BCUT2D eigenvalue weighted by molar-refractivity contribution is 7.16. The molecule has 0 unspecified atom stereocenters. The molecule has 0 saturated carbocycles. The number of thiazole rings is 1. The lowest BCUT2D eigenvalue weighted by molar-refractivity contribution is 0.201. The third kappa shape index (κ3) is 1.11. The number of aromatic nitrogens is 1. The summed E-state index contributed by atoms with van der Waals surface area (Å²) in [4.78, 5) is 4.17. The van der Waals surface area contributed by atoms with Gasteiger partial charge in [0, 0.05) is 0 Å². The topological polar surface area (TPSA) is 33.1 Å². The number of aliphatic hydroxyl groups is 1. The second-order valence-corrected chi connectivity index (χ2v) is 3.58. The average Bonchev–Trinajstić information content (AvgIpc) is 2.49. The number of hydrogen-bond acceptors (Lipinski definition) is 3. The molecule has 1 N–H and O–H groups in total. The van der Waals surface area contributed by atoms with E-state index in [1.807, 2.05) is 18.2 Å². The minimum atomic E-state index is -0.408. The van der Waals surface area contributed by atoms with Crippen molar-refractivity contribution in [3.8, 4) is 0 Å². The van der Waals surface area contributed by atoms with E-state index in [-0.39, 0.29) is 0 Å². The maximum Gasteiger partial charge on any atom is 0.0815 e. The van der Waals surface area contributed by atoms with Gasteiger partial charge in [0.1, 0.15) is 0 Å². The molecule has 2 rings (SSSR count). The molecule has 0 fully saturated rings. The Labute approximate surface area is 74.5 Å². The minimum absolute atomic E-state index is 0.408. The second-order valence-electron chi connectivity index (χ2n) is 2.72. The minimum Gasteiger partial charge on any atom is -0.389 e. The highest BCUT2D eigenvalue weighted by Crippen LogP contribution is 2.26. The maximum atomic E-state index is 9.42. The Morgan fingerprint density at radius 1 is 1.50 bits per heavy atom. The van der Waals surface area contributed by atoms with Crippen molar-refractivity contribution in [2.24, 2.45) is 0 Å². The molecule has 0 amide bonds. The summed E-state index contributed by atoms with van der Waals surface area (Å²) >= 11 is 1.57. The number of hydrogen-bond donors (Lipinski definition) is 1. The first-order chi connectivity index (χ1) is 5.79. The van der Waals surface area contributed by atoms with Crippen LogP contribution in [0.25, 0.3) is 10.2 Å². The fourth-order valence-electron chi connectivity index (χ4n) is 1.24. The molecule has 3 heteroatoms. The SMILES string of the molecule is C[C@@H](O)c1cccc2ncsc12. The van der Waals surface area contributed by atoms with Crippen LogP contribution in [-0.4, -0.2) is 10.1 Å². The molecule has 12 heavy (non-hydrogen) atoms. The zero-order chi connectivity index (χ0) is 8.55. The van der Waals surface area contributed by atoms with Crippen LogP contribution in [0.1, 0.15) is 18.6 Å². The number of nitrogens with zero attached hydrogens (tertiary/aromatic N) is 1. The number of fused-ring (bicyclic) bond motifs is 1. The third-order valence-corrected chi connectivity index (χ3v) is 2.73. The molecular weight excluding hydrogens is 170 g/mol. The van der Waals surface area contributed by atoms with Gasteiger partial charge in [0.15, 0.2) is 0 Å². The quantitative estimate of drug-likeness (QED) is 0.729. The summed E-state index contributed by atoms with van der Waals surface area (Å²) in [5.41, 5.74) is 3.74. The van der Waals surface area contributed by atoms with Gasteiger partial charge in [-0.15, -0.1) is 11.3 Å². The van der Waals surface area contributed by atoms with Gasteiger partial charge in [0.2, 0.25) is 0 Å². The van der Waals surface area contributed by atoms with Crippen LogP contribution in [0.4, 0.5) is 0 Å². The van der Waals surface area contributed by atoms with Gasteiger partial charge < -0.3 is 5.11 Å². The van der Waals surface area contributed by atoms with E-state index in [1.165, 1.54) is 0 Å². The van der Waals surface area contributed by atoms with E-state index in [0.717, 1.165) is 15.8 Å². The standard InChI is InChI=1S/C9H9NOS/c1-6(11)7-3-2-4-8-9(7)12-5-10-8/h2-6,11H,1H3/t6-/m1/s1. The first-order valence-electron chi connectivity index (χ1n) is 3.79. The number of benzene rings is 1. The Morgan fingerprint density at radius 3 is 3.08 bits per heavy atom.